The molecule has 4 nitrogen and oxygen atoms in total. The van der Waals surface area contributed by atoms with Gasteiger partial charge in [0.25, 0.3) is 0 Å². The minimum Gasteiger partial charge on any atom is -0.356 e. The molecular formula is C10H23N3O. The Morgan fingerprint density at radius 1 is 1.14 bits per heavy atom. The third kappa shape index (κ3) is 9.48. The smallest absolute Gasteiger partial charge is 0.219 e. The average Bonchev–Trinajstić information content (AvgIpc) is 2.18. The van der Waals surface area contributed by atoms with Crippen molar-refractivity contribution in [1.29, 1.82) is 0 Å². The molecule has 0 radical (unpaired) electrons. The molecule has 0 aromatic rings. The van der Waals surface area contributed by atoms with Crippen LogP contribution < -0.4 is 16.6 Å². The summed E-state index contributed by atoms with van der Waals surface area (Å²) in [6.45, 7) is 3.77. The van der Waals surface area contributed by atoms with Gasteiger partial charge in [-0.2, -0.15) is 0 Å². The Bertz CT molecular complexity index is 139. The van der Waals surface area contributed by atoms with E-state index in [0.29, 0.717) is 6.42 Å². The highest BCUT2D eigenvalue weighted by molar-refractivity contribution is 5.75. The predicted octanol–water partition coefficient (Wildman–Crippen LogP) is 0.926. The summed E-state index contributed by atoms with van der Waals surface area (Å²) in [6, 6.07) is 0. The number of carbonyl (C=O) groups is 1. The van der Waals surface area contributed by atoms with Crippen molar-refractivity contribution in [3.05, 3.63) is 0 Å². The van der Waals surface area contributed by atoms with E-state index in [9.17, 15) is 4.79 Å². The summed E-state index contributed by atoms with van der Waals surface area (Å²) in [4.78, 5) is 11.2. The Balaban J connectivity index is 3.10. The molecule has 0 spiro atoms. The molecule has 0 aromatic heterocycles. The molecule has 0 saturated heterocycles. The van der Waals surface area contributed by atoms with Crippen molar-refractivity contribution in [3.8, 4) is 0 Å². The molecule has 0 aliphatic carbocycles. The summed E-state index contributed by atoms with van der Waals surface area (Å²) in [7, 11) is 0. The van der Waals surface area contributed by atoms with E-state index < -0.39 is 0 Å². The SMILES string of the molecule is CCCCNC(=O)CCCCCNN. The molecule has 0 saturated carbocycles. The Morgan fingerprint density at radius 2 is 1.93 bits per heavy atom. The fraction of sp³-hybridized carbons (Fsp3) is 0.900. The van der Waals surface area contributed by atoms with Crippen LogP contribution >= 0.6 is 0 Å². The van der Waals surface area contributed by atoms with Crippen molar-refractivity contribution >= 4 is 5.91 Å². The molecule has 0 aliphatic heterocycles. The van der Waals surface area contributed by atoms with Crippen LogP contribution in [0.2, 0.25) is 0 Å². The maximum atomic E-state index is 11.2. The second-order valence-electron chi connectivity index (χ2n) is 3.47. The molecule has 0 bridgehead atoms. The first-order valence-electron chi connectivity index (χ1n) is 5.51. The number of nitrogens with one attached hydrogen (secondary N) is 2. The van der Waals surface area contributed by atoms with Gasteiger partial charge in [-0.15, -0.1) is 0 Å². The third-order valence-corrected chi connectivity index (χ3v) is 2.08. The monoisotopic (exact) mass is 201 g/mol. The van der Waals surface area contributed by atoms with Crippen LogP contribution in [-0.4, -0.2) is 19.0 Å². The first kappa shape index (κ1) is 13.4. The lowest BCUT2D eigenvalue weighted by Gasteiger charge is -2.03. The third-order valence-electron chi connectivity index (χ3n) is 2.08. The van der Waals surface area contributed by atoms with Gasteiger partial charge in [0.05, 0.1) is 0 Å². The number of carbonyl (C=O) groups excluding carboxylic acids is 1. The lowest BCUT2D eigenvalue weighted by atomic mass is 10.2. The summed E-state index contributed by atoms with van der Waals surface area (Å²) in [5, 5.41) is 2.90. The molecule has 0 rings (SSSR count). The quantitative estimate of drug-likeness (QED) is 0.295. The second-order valence-corrected chi connectivity index (χ2v) is 3.47. The highest BCUT2D eigenvalue weighted by atomic mass is 16.1. The predicted molar refractivity (Wildman–Crippen MR) is 58.6 cm³/mol. The van der Waals surface area contributed by atoms with E-state index >= 15 is 0 Å². The van der Waals surface area contributed by atoms with Gasteiger partial charge in [0, 0.05) is 19.5 Å². The maximum Gasteiger partial charge on any atom is 0.219 e. The topological polar surface area (TPSA) is 67.2 Å². The Kier molecular flexibility index (Phi) is 10.0. The Labute approximate surface area is 86.6 Å². The molecule has 0 aliphatic rings. The molecule has 1 amide bonds. The first-order valence-corrected chi connectivity index (χ1v) is 5.51. The first-order chi connectivity index (χ1) is 6.81. The normalized spacial score (nSPS) is 10.1. The summed E-state index contributed by atoms with van der Waals surface area (Å²) < 4.78 is 0. The van der Waals surface area contributed by atoms with E-state index in [-0.39, 0.29) is 5.91 Å². The van der Waals surface area contributed by atoms with Gasteiger partial charge in [-0.3, -0.25) is 16.1 Å². The van der Waals surface area contributed by atoms with E-state index in [4.69, 9.17) is 5.84 Å². The Hall–Kier alpha value is -0.610. The van der Waals surface area contributed by atoms with Crippen molar-refractivity contribution in [3.63, 3.8) is 0 Å². The largest absolute Gasteiger partial charge is 0.356 e. The number of unbranched alkanes of at least 4 members (excludes halogenated alkanes) is 3. The molecule has 0 fully saturated rings. The molecule has 0 unspecified atom stereocenters. The zero-order valence-electron chi connectivity index (χ0n) is 9.14. The molecule has 0 aromatic carbocycles. The van der Waals surface area contributed by atoms with Crippen LogP contribution in [0.5, 0.6) is 0 Å². The van der Waals surface area contributed by atoms with E-state index in [2.05, 4.69) is 17.7 Å². The lowest BCUT2D eigenvalue weighted by molar-refractivity contribution is -0.121. The van der Waals surface area contributed by atoms with Gasteiger partial charge in [0.2, 0.25) is 5.91 Å². The second kappa shape index (κ2) is 10.5. The van der Waals surface area contributed by atoms with Gasteiger partial charge in [-0.05, 0) is 19.3 Å². The molecule has 84 valence electrons. The molecular weight excluding hydrogens is 178 g/mol. The Morgan fingerprint density at radius 3 is 2.57 bits per heavy atom. The lowest BCUT2D eigenvalue weighted by Crippen LogP contribution is -2.24. The minimum absolute atomic E-state index is 0.180. The summed E-state index contributed by atoms with van der Waals surface area (Å²) in [5.41, 5.74) is 2.60. The highest BCUT2D eigenvalue weighted by Crippen LogP contribution is 1.98. The molecule has 4 N–H and O–H groups in total. The van der Waals surface area contributed by atoms with Crippen LogP contribution in [0, 0.1) is 0 Å². The fourth-order valence-corrected chi connectivity index (χ4v) is 1.18. The van der Waals surface area contributed by atoms with Crippen LogP contribution in [0.25, 0.3) is 0 Å². The van der Waals surface area contributed by atoms with Crippen LogP contribution in [0.15, 0.2) is 0 Å². The number of nitrogens with two attached hydrogens (primary N) is 1. The van der Waals surface area contributed by atoms with Crippen molar-refractivity contribution in [2.24, 2.45) is 5.84 Å². The van der Waals surface area contributed by atoms with Crippen LogP contribution in [0.1, 0.15) is 45.4 Å². The molecule has 4 heteroatoms. The standard InChI is InChI=1S/C10H23N3O/c1-2-3-8-12-10(14)7-5-4-6-9-13-11/h13H,2-9,11H2,1H3,(H,12,14). The van der Waals surface area contributed by atoms with Crippen LogP contribution in [0.3, 0.4) is 0 Å². The van der Waals surface area contributed by atoms with Gasteiger partial charge in [0.1, 0.15) is 0 Å². The number of hydrazine groups is 1. The molecule has 0 heterocycles. The van der Waals surface area contributed by atoms with E-state index in [0.717, 1.165) is 45.2 Å². The zero-order chi connectivity index (χ0) is 10.6. The average molecular weight is 201 g/mol. The van der Waals surface area contributed by atoms with E-state index in [1.807, 2.05) is 0 Å². The number of hydrogen-bond donors (Lipinski definition) is 3. The van der Waals surface area contributed by atoms with E-state index in [1.54, 1.807) is 0 Å². The molecule has 14 heavy (non-hydrogen) atoms. The number of amides is 1. The number of hydrogen-bond acceptors (Lipinski definition) is 3. The fourth-order valence-electron chi connectivity index (χ4n) is 1.18. The van der Waals surface area contributed by atoms with Crippen molar-refractivity contribution in [2.75, 3.05) is 13.1 Å². The van der Waals surface area contributed by atoms with Gasteiger partial charge in [-0.25, -0.2) is 0 Å². The minimum atomic E-state index is 0.180. The number of rotatable bonds is 9. The molecule has 0 atom stereocenters. The van der Waals surface area contributed by atoms with Crippen molar-refractivity contribution < 1.29 is 4.79 Å². The van der Waals surface area contributed by atoms with E-state index in [1.165, 1.54) is 0 Å². The highest BCUT2D eigenvalue weighted by Gasteiger charge is 1.99. The van der Waals surface area contributed by atoms with Gasteiger partial charge in [-0.1, -0.05) is 19.8 Å². The maximum absolute atomic E-state index is 11.2. The summed E-state index contributed by atoms with van der Waals surface area (Å²) >= 11 is 0. The van der Waals surface area contributed by atoms with Crippen LogP contribution in [0.4, 0.5) is 0 Å². The van der Waals surface area contributed by atoms with Crippen molar-refractivity contribution in [2.45, 2.75) is 45.4 Å². The van der Waals surface area contributed by atoms with Gasteiger partial charge in [0.15, 0.2) is 0 Å². The van der Waals surface area contributed by atoms with Crippen molar-refractivity contribution in [1.82, 2.24) is 10.7 Å². The van der Waals surface area contributed by atoms with Gasteiger partial charge < -0.3 is 5.32 Å². The summed E-state index contributed by atoms with van der Waals surface area (Å²) in [6.07, 6.45) is 5.91. The van der Waals surface area contributed by atoms with Crippen LogP contribution in [-0.2, 0) is 4.79 Å². The zero-order valence-corrected chi connectivity index (χ0v) is 9.14. The summed E-state index contributed by atoms with van der Waals surface area (Å²) in [5.74, 6) is 5.30. The van der Waals surface area contributed by atoms with Gasteiger partial charge >= 0.3 is 0 Å².